The minimum atomic E-state index is -4.60. The van der Waals surface area contributed by atoms with E-state index >= 15 is 0 Å². The molecule has 0 aliphatic heterocycles. The normalized spacial score (nSPS) is 19.8. The van der Waals surface area contributed by atoms with Crippen molar-refractivity contribution in [1.82, 2.24) is 20.2 Å². The molecule has 0 amide bonds. The average Bonchev–Trinajstić information content (AvgIpc) is 3.32. The maximum absolute atomic E-state index is 12.2. The van der Waals surface area contributed by atoms with Crippen LogP contribution in [0.4, 0.5) is 13.2 Å². The Morgan fingerprint density at radius 2 is 2.00 bits per heavy atom. The summed E-state index contributed by atoms with van der Waals surface area (Å²) in [5.74, 6) is 0.749. The van der Waals surface area contributed by atoms with Gasteiger partial charge in [-0.15, -0.1) is 18.3 Å². The molecule has 0 spiro atoms. The Kier molecular flexibility index (Phi) is 4.59. The Balaban J connectivity index is 1.83. The molecule has 134 valence electrons. The highest BCUT2D eigenvalue weighted by Gasteiger charge is 2.43. The standard InChI is InChI=1S/C16H17F3N4O2/c1-8-11(12-4-10(12)7-25-16(17,18)19)5-14(23-22-8)13-6-20-9(2)21-15(13)24-3/h5-6,10,12H,4,7H2,1-3H3/t10-,12?/m1/s1. The summed E-state index contributed by atoms with van der Waals surface area (Å²) in [6, 6.07) is 1.82. The highest BCUT2D eigenvalue weighted by Crippen LogP contribution is 2.49. The van der Waals surface area contributed by atoms with Gasteiger partial charge in [-0.05, 0) is 43.7 Å². The number of ether oxygens (including phenoxy) is 2. The van der Waals surface area contributed by atoms with Gasteiger partial charge in [0.1, 0.15) is 11.5 Å². The second kappa shape index (κ2) is 6.55. The molecule has 2 aromatic rings. The van der Waals surface area contributed by atoms with E-state index in [1.54, 1.807) is 20.0 Å². The lowest BCUT2D eigenvalue weighted by molar-refractivity contribution is -0.326. The quantitative estimate of drug-likeness (QED) is 0.821. The topological polar surface area (TPSA) is 70.0 Å². The molecule has 0 aromatic carbocycles. The fraction of sp³-hybridized carbons (Fsp3) is 0.500. The van der Waals surface area contributed by atoms with Gasteiger partial charge in [0.2, 0.25) is 5.88 Å². The first-order valence-corrected chi connectivity index (χ1v) is 7.71. The van der Waals surface area contributed by atoms with Crippen molar-refractivity contribution in [3.63, 3.8) is 0 Å². The van der Waals surface area contributed by atoms with E-state index in [0.717, 1.165) is 5.56 Å². The summed E-state index contributed by atoms with van der Waals surface area (Å²) < 4.78 is 45.7. The molecule has 1 aliphatic carbocycles. The number of nitrogens with zero attached hydrogens (tertiary/aromatic N) is 4. The number of halogens is 3. The SMILES string of the molecule is COc1nc(C)ncc1-c1cc(C2C[C@@H]2COC(F)(F)F)c(C)nn1. The second-order valence-corrected chi connectivity index (χ2v) is 5.97. The third kappa shape index (κ3) is 4.04. The van der Waals surface area contributed by atoms with E-state index in [1.165, 1.54) is 7.11 Å². The molecule has 2 heterocycles. The lowest BCUT2D eigenvalue weighted by Gasteiger charge is -2.10. The van der Waals surface area contributed by atoms with Gasteiger partial charge in [0.25, 0.3) is 0 Å². The monoisotopic (exact) mass is 354 g/mol. The fourth-order valence-corrected chi connectivity index (χ4v) is 2.77. The summed E-state index contributed by atoms with van der Waals surface area (Å²) in [6.45, 7) is 3.19. The maximum Gasteiger partial charge on any atom is 0.522 e. The number of rotatable bonds is 5. The van der Waals surface area contributed by atoms with Crippen LogP contribution in [0.2, 0.25) is 0 Å². The Morgan fingerprint density at radius 3 is 2.68 bits per heavy atom. The molecule has 1 fully saturated rings. The van der Waals surface area contributed by atoms with Gasteiger partial charge in [0.05, 0.1) is 25.0 Å². The van der Waals surface area contributed by atoms with Crippen LogP contribution >= 0.6 is 0 Å². The molecule has 1 aliphatic rings. The number of aromatic nitrogens is 4. The number of hydrogen-bond donors (Lipinski definition) is 0. The Bertz CT molecular complexity index is 782. The molecule has 0 radical (unpaired) electrons. The van der Waals surface area contributed by atoms with Gasteiger partial charge in [-0.1, -0.05) is 0 Å². The first-order chi connectivity index (χ1) is 11.8. The molecular formula is C16H17F3N4O2. The van der Waals surface area contributed by atoms with Crippen LogP contribution in [0.5, 0.6) is 5.88 Å². The van der Waals surface area contributed by atoms with Crippen molar-refractivity contribution in [1.29, 1.82) is 0 Å². The number of aryl methyl sites for hydroxylation is 2. The van der Waals surface area contributed by atoms with Crippen molar-refractivity contribution in [2.45, 2.75) is 32.5 Å². The molecule has 0 bridgehead atoms. The molecule has 2 atom stereocenters. The first-order valence-electron chi connectivity index (χ1n) is 7.71. The fourth-order valence-electron chi connectivity index (χ4n) is 2.77. The van der Waals surface area contributed by atoms with Gasteiger partial charge in [0, 0.05) is 6.20 Å². The summed E-state index contributed by atoms with van der Waals surface area (Å²) >= 11 is 0. The van der Waals surface area contributed by atoms with E-state index < -0.39 is 6.36 Å². The van der Waals surface area contributed by atoms with Crippen LogP contribution in [-0.2, 0) is 4.74 Å². The molecule has 0 saturated heterocycles. The predicted octanol–water partition coefficient (Wildman–Crippen LogP) is 3.20. The van der Waals surface area contributed by atoms with Gasteiger partial charge in [-0.25, -0.2) is 4.98 Å². The maximum atomic E-state index is 12.2. The van der Waals surface area contributed by atoms with Crippen LogP contribution in [0.3, 0.4) is 0 Å². The molecular weight excluding hydrogens is 337 g/mol. The largest absolute Gasteiger partial charge is 0.522 e. The third-order valence-electron chi connectivity index (χ3n) is 4.14. The Morgan fingerprint density at radius 1 is 1.24 bits per heavy atom. The van der Waals surface area contributed by atoms with E-state index in [-0.39, 0.29) is 18.4 Å². The smallest absolute Gasteiger partial charge is 0.480 e. The molecule has 2 aromatic heterocycles. The number of alkyl halides is 3. The molecule has 6 nitrogen and oxygen atoms in total. The lowest BCUT2D eigenvalue weighted by Crippen LogP contribution is -2.15. The molecule has 3 rings (SSSR count). The van der Waals surface area contributed by atoms with Crippen molar-refractivity contribution < 1.29 is 22.6 Å². The zero-order valence-corrected chi connectivity index (χ0v) is 14.0. The highest BCUT2D eigenvalue weighted by molar-refractivity contribution is 5.64. The zero-order valence-electron chi connectivity index (χ0n) is 14.0. The summed E-state index contributed by atoms with van der Waals surface area (Å²) in [5, 5.41) is 8.28. The Hall–Kier alpha value is -2.29. The van der Waals surface area contributed by atoms with Crippen LogP contribution in [-0.4, -0.2) is 40.2 Å². The summed E-state index contributed by atoms with van der Waals surface area (Å²) in [6.07, 6.45) is -2.37. The van der Waals surface area contributed by atoms with Crippen molar-refractivity contribution in [3.05, 3.63) is 29.3 Å². The number of methoxy groups -OCH3 is 1. The average molecular weight is 354 g/mol. The van der Waals surface area contributed by atoms with Gasteiger partial charge >= 0.3 is 6.36 Å². The summed E-state index contributed by atoms with van der Waals surface area (Å²) in [4.78, 5) is 8.35. The minimum Gasteiger partial charge on any atom is -0.480 e. The third-order valence-corrected chi connectivity index (χ3v) is 4.14. The molecule has 1 saturated carbocycles. The summed E-state index contributed by atoms with van der Waals surface area (Å²) in [5.41, 5.74) is 2.67. The van der Waals surface area contributed by atoms with Crippen molar-refractivity contribution in [2.24, 2.45) is 5.92 Å². The molecule has 25 heavy (non-hydrogen) atoms. The van der Waals surface area contributed by atoms with Crippen LogP contribution in [0.1, 0.15) is 29.4 Å². The molecule has 0 N–H and O–H groups in total. The van der Waals surface area contributed by atoms with E-state index in [9.17, 15) is 13.2 Å². The zero-order chi connectivity index (χ0) is 18.2. The predicted molar refractivity (Wildman–Crippen MR) is 81.9 cm³/mol. The van der Waals surface area contributed by atoms with E-state index in [2.05, 4.69) is 24.9 Å². The van der Waals surface area contributed by atoms with E-state index in [1.807, 2.05) is 6.07 Å². The van der Waals surface area contributed by atoms with Gasteiger partial charge in [-0.3, -0.25) is 4.74 Å². The van der Waals surface area contributed by atoms with Crippen LogP contribution in [0.15, 0.2) is 12.3 Å². The van der Waals surface area contributed by atoms with Gasteiger partial charge in [-0.2, -0.15) is 10.1 Å². The Labute approximate surface area is 142 Å². The first kappa shape index (κ1) is 17.5. The van der Waals surface area contributed by atoms with Crippen molar-refractivity contribution in [2.75, 3.05) is 13.7 Å². The summed E-state index contributed by atoms with van der Waals surface area (Å²) in [7, 11) is 1.50. The molecule has 1 unspecified atom stereocenters. The van der Waals surface area contributed by atoms with Crippen molar-refractivity contribution >= 4 is 0 Å². The van der Waals surface area contributed by atoms with Gasteiger partial charge < -0.3 is 4.74 Å². The highest BCUT2D eigenvalue weighted by atomic mass is 19.4. The second-order valence-electron chi connectivity index (χ2n) is 5.97. The molecule has 9 heteroatoms. The van der Waals surface area contributed by atoms with Crippen molar-refractivity contribution in [3.8, 4) is 17.1 Å². The van der Waals surface area contributed by atoms with E-state index in [0.29, 0.717) is 35.1 Å². The minimum absolute atomic E-state index is 0.0195. The van der Waals surface area contributed by atoms with E-state index in [4.69, 9.17) is 4.74 Å². The van der Waals surface area contributed by atoms with Crippen LogP contribution in [0, 0.1) is 19.8 Å². The van der Waals surface area contributed by atoms with Gasteiger partial charge in [0.15, 0.2) is 0 Å². The number of hydrogen-bond acceptors (Lipinski definition) is 6. The lowest BCUT2D eigenvalue weighted by atomic mass is 10.1. The van der Waals surface area contributed by atoms with Crippen LogP contribution < -0.4 is 4.74 Å². The van der Waals surface area contributed by atoms with Crippen LogP contribution in [0.25, 0.3) is 11.3 Å².